The third kappa shape index (κ3) is 5.45. The number of benzene rings is 1. The summed E-state index contributed by atoms with van der Waals surface area (Å²) in [5.41, 5.74) is 2.22. The van der Waals surface area contributed by atoms with Gasteiger partial charge in [0.05, 0.1) is 19.3 Å². The van der Waals surface area contributed by atoms with Crippen molar-refractivity contribution < 1.29 is 18.7 Å². The van der Waals surface area contributed by atoms with Crippen molar-refractivity contribution in [1.29, 1.82) is 0 Å². The number of carbonyl (C=O) groups is 2. The maximum absolute atomic E-state index is 12.7. The van der Waals surface area contributed by atoms with Crippen LogP contribution < -0.4 is 5.32 Å². The van der Waals surface area contributed by atoms with Crippen LogP contribution in [0.2, 0.25) is 0 Å². The number of ether oxygens (including phenoxy) is 1. The van der Waals surface area contributed by atoms with Gasteiger partial charge in [-0.2, -0.15) is 0 Å². The monoisotopic (exact) mass is 409 g/mol. The van der Waals surface area contributed by atoms with Gasteiger partial charge in [0.25, 0.3) is 5.91 Å². The summed E-state index contributed by atoms with van der Waals surface area (Å²) in [7, 11) is 1.71. The van der Waals surface area contributed by atoms with Crippen LogP contribution in [0.25, 0.3) is 11.0 Å². The lowest BCUT2D eigenvalue weighted by molar-refractivity contribution is -0.128. The molecule has 158 valence electrons. The molecule has 7 heteroatoms. The highest BCUT2D eigenvalue weighted by atomic mass is 16.5. The first-order valence-electron chi connectivity index (χ1n) is 9.99. The molecular weight excluding hydrogens is 382 g/mol. The first kappa shape index (κ1) is 21.5. The number of pyridine rings is 1. The largest absolute Gasteiger partial charge is 0.451 e. The predicted octanol–water partition coefficient (Wildman–Crippen LogP) is 3.18. The quantitative estimate of drug-likeness (QED) is 0.587. The molecule has 1 N–H and O–H groups in total. The van der Waals surface area contributed by atoms with Crippen LogP contribution in [0.5, 0.6) is 0 Å². The minimum atomic E-state index is -0.431. The molecule has 1 aromatic carbocycles. The van der Waals surface area contributed by atoms with Gasteiger partial charge in [-0.1, -0.05) is 24.3 Å². The fourth-order valence-corrected chi connectivity index (χ4v) is 3.00. The molecule has 0 unspecified atom stereocenters. The van der Waals surface area contributed by atoms with E-state index in [0.29, 0.717) is 24.1 Å². The average Bonchev–Trinajstić information content (AvgIpc) is 3.13. The number of nitrogens with zero attached hydrogens (tertiary/aromatic N) is 2. The van der Waals surface area contributed by atoms with Crippen LogP contribution in [-0.4, -0.2) is 47.9 Å². The topological polar surface area (TPSA) is 84.7 Å². The summed E-state index contributed by atoms with van der Waals surface area (Å²) in [5.74, 6) is -0.434. The molecule has 0 saturated heterocycles. The lowest BCUT2D eigenvalue weighted by atomic mass is 10.1. The van der Waals surface area contributed by atoms with Gasteiger partial charge in [0, 0.05) is 42.9 Å². The van der Waals surface area contributed by atoms with E-state index in [1.807, 2.05) is 56.3 Å². The number of carbonyl (C=O) groups excluding carboxylic acids is 2. The van der Waals surface area contributed by atoms with Crippen LogP contribution in [0.3, 0.4) is 0 Å². The maximum Gasteiger partial charge on any atom is 0.287 e. The van der Waals surface area contributed by atoms with Gasteiger partial charge in [-0.25, -0.2) is 0 Å². The zero-order valence-corrected chi connectivity index (χ0v) is 17.6. The molecule has 0 spiro atoms. The molecule has 0 radical (unpaired) electrons. The normalized spacial score (nSPS) is 11.1. The third-order valence-corrected chi connectivity index (χ3v) is 4.72. The summed E-state index contributed by atoms with van der Waals surface area (Å²) in [6.45, 7) is 4.53. The van der Waals surface area contributed by atoms with Crippen molar-refractivity contribution >= 4 is 22.8 Å². The number of nitrogens with one attached hydrogen (secondary N) is 1. The molecule has 0 atom stereocenters. The van der Waals surface area contributed by atoms with Crippen molar-refractivity contribution in [1.82, 2.24) is 15.2 Å². The van der Waals surface area contributed by atoms with E-state index in [4.69, 9.17) is 9.15 Å². The Morgan fingerprint density at radius 2 is 1.93 bits per heavy atom. The SMILES string of the molecule is CC(C)OCc1c(C(=O)NCC(=O)N(C)CCc2ccccn2)oc2ccccc12. The average molecular weight is 409 g/mol. The van der Waals surface area contributed by atoms with Crippen molar-refractivity contribution in [2.75, 3.05) is 20.1 Å². The van der Waals surface area contributed by atoms with E-state index < -0.39 is 5.91 Å². The van der Waals surface area contributed by atoms with Crippen LogP contribution in [0.1, 0.15) is 35.7 Å². The standard InChI is InChI=1S/C23H27N3O4/c1-16(2)29-15-19-18-9-4-5-10-20(18)30-22(19)23(28)25-14-21(27)26(3)13-11-17-8-6-7-12-24-17/h4-10,12,16H,11,13-15H2,1-3H3,(H,25,28). The molecule has 0 fully saturated rings. The molecule has 30 heavy (non-hydrogen) atoms. The summed E-state index contributed by atoms with van der Waals surface area (Å²) in [6.07, 6.45) is 2.40. The highest BCUT2D eigenvalue weighted by Crippen LogP contribution is 2.27. The molecule has 0 bridgehead atoms. The Balaban J connectivity index is 1.61. The van der Waals surface area contributed by atoms with Gasteiger partial charge in [-0.3, -0.25) is 14.6 Å². The molecule has 0 aliphatic rings. The van der Waals surface area contributed by atoms with Gasteiger partial charge in [0.2, 0.25) is 5.91 Å². The zero-order chi connectivity index (χ0) is 21.5. The number of rotatable bonds is 9. The molecular formula is C23H27N3O4. The van der Waals surface area contributed by atoms with E-state index in [0.717, 1.165) is 11.1 Å². The fourth-order valence-electron chi connectivity index (χ4n) is 3.00. The summed E-state index contributed by atoms with van der Waals surface area (Å²) in [5, 5.41) is 3.51. The fraction of sp³-hybridized carbons (Fsp3) is 0.348. The van der Waals surface area contributed by atoms with Gasteiger partial charge in [-0.05, 0) is 32.0 Å². The third-order valence-electron chi connectivity index (χ3n) is 4.72. The molecule has 7 nitrogen and oxygen atoms in total. The number of likely N-dealkylation sites (N-methyl/N-ethyl adjacent to an activating group) is 1. The second-order valence-corrected chi connectivity index (χ2v) is 7.33. The van der Waals surface area contributed by atoms with Crippen molar-refractivity contribution in [3.63, 3.8) is 0 Å². The Kier molecular flexibility index (Phi) is 7.19. The Labute approximate surface area is 176 Å². The Morgan fingerprint density at radius 3 is 2.67 bits per heavy atom. The number of amides is 2. The van der Waals surface area contributed by atoms with Crippen LogP contribution in [0, 0.1) is 0 Å². The molecule has 2 amide bonds. The van der Waals surface area contributed by atoms with Gasteiger partial charge in [0.15, 0.2) is 5.76 Å². The Hall–Kier alpha value is -3.19. The summed E-state index contributed by atoms with van der Waals surface area (Å²) in [4.78, 5) is 31.0. The van der Waals surface area contributed by atoms with E-state index in [1.54, 1.807) is 18.1 Å². The molecule has 2 aromatic heterocycles. The van der Waals surface area contributed by atoms with E-state index >= 15 is 0 Å². The van der Waals surface area contributed by atoms with E-state index in [-0.39, 0.29) is 30.9 Å². The highest BCUT2D eigenvalue weighted by molar-refractivity contribution is 6.00. The van der Waals surface area contributed by atoms with Crippen LogP contribution in [0.4, 0.5) is 0 Å². The predicted molar refractivity (Wildman–Crippen MR) is 114 cm³/mol. The lowest BCUT2D eigenvalue weighted by Gasteiger charge is -2.17. The molecule has 0 saturated carbocycles. The van der Waals surface area contributed by atoms with Gasteiger partial charge < -0.3 is 19.4 Å². The number of fused-ring (bicyclic) bond motifs is 1. The second kappa shape index (κ2) is 10.0. The highest BCUT2D eigenvalue weighted by Gasteiger charge is 2.22. The number of furan rings is 1. The second-order valence-electron chi connectivity index (χ2n) is 7.33. The van der Waals surface area contributed by atoms with E-state index in [2.05, 4.69) is 10.3 Å². The van der Waals surface area contributed by atoms with Crippen LogP contribution in [-0.2, 0) is 22.6 Å². The van der Waals surface area contributed by atoms with Gasteiger partial charge in [0.1, 0.15) is 5.58 Å². The maximum atomic E-state index is 12.7. The van der Waals surface area contributed by atoms with Gasteiger partial charge in [-0.15, -0.1) is 0 Å². The summed E-state index contributed by atoms with van der Waals surface area (Å²) in [6, 6.07) is 13.1. The summed E-state index contributed by atoms with van der Waals surface area (Å²) < 4.78 is 11.5. The Morgan fingerprint density at radius 1 is 1.17 bits per heavy atom. The molecule has 3 rings (SSSR count). The number of aromatic nitrogens is 1. The van der Waals surface area contributed by atoms with E-state index in [1.165, 1.54) is 0 Å². The first-order valence-corrected chi connectivity index (χ1v) is 9.99. The zero-order valence-electron chi connectivity index (χ0n) is 17.6. The van der Waals surface area contributed by atoms with Crippen LogP contribution >= 0.6 is 0 Å². The minimum absolute atomic E-state index is 0.0175. The van der Waals surface area contributed by atoms with Crippen molar-refractivity contribution in [3.05, 3.63) is 65.7 Å². The lowest BCUT2D eigenvalue weighted by Crippen LogP contribution is -2.39. The van der Waals surface area contributed by atoms with E-state index in [9.17, 15) is 9.59 Å². The smallest absolute Gasteiger partial charge is 0.287 e. The number of hydrogen-bond donors (Lipinski definition) is 1. The van der Waals surface area contributed by atoms with Crippen molar-refractivity contribution in [3.8, 4) is 0 Å². The van der Waals surface area contributed by atoms with Crippen LogP contribution in [0.15, 0.2) is 53.1 Å². The summed E-state index contributed by atoms with van der Waals surface area (Å²) >= 11 is 0. The first-order chi connectivity index (χ1) is 14.5. The Bertz CT molecular complexity index is 998. The minimum Gasteiger partial charge on any atom is -0.451 e. The number of para-hydroxylation sites is 1. The van der Waals surface area contributed by atoms with Crippen molar-refractivity contribution in [2.24, 2.45) is 0 Å². The molecule has 0 aliphatic carbocycles. The van der Waals surface area contributed by atoms with Crippen molar-refractivity contribution in [2.45, 2.75) is 33.0 Å². The molecule has 0 aliphatic heterocycles. The number of hydrogen-bond acceptors (Lipinski definition) is 5. The molecule has 2 heterocycles. The molecule has 3 aromatic rings. The van der Waals surface area contributed by atoms with Gasteiger partial charge >= 0.3 is 0 Å².